The van der Waals surface area contributed by atoms with Crippen molar-refractivity contribution < 1.29 is 23.5 Å². The molecule has 7 nitrogen and oxygen atoms in total. The van der Waals surface area contributed by atoms with E-state index in [4.69, 9.17) is 23.2 Å². The van der Waals surface area contributed by atoms with Crippen LogP contribution in [0.2, 0.25) is 10.0 Å². The van der Waals surface area contributed by atoms with Crippen LogP contribution in [0.3, 0.4) is 0 Å². The predicted octanol–water partition coefficient (Wildman–Crippen LogP) is 4.52. The van der Waals surface area contributed by atoms with Crippen molar-refractivity contribution in [3.05, 3.63) is 67.4 Å². The number of thiazole rings is 1. The number of carbonyl (C=O) groups excluding carboxylic acids is 1. The normalized spacial score (nSPS) is 21.0. The summed E-state index contributed by atoms with van der Waals surface area (Å²) >= 11 is 13.2. The Morgan fingerprint density at radius 2 is 1.94 bits per heavy atom. The van der Waals surface area contributed by atoms with Crippen LogP contribution in [0.5, 0.6) is 0 Å². The molecule has 3 atom stereocenters. The second kappa shape index (κ2) is 8.51. The van der Waals surface area contributed by atoms with E-state index in [-0.39, 0.29) is 45.8 Å². The molecule has 5 rings (SSSR count). The fourth-order valence-electron chi connectivity index (χ4n) is 4.45. The first-order valence-electron chi connectivity index (χ1n) is 10.4. The smallest absolute Gasteiger partial charge is 0.347 e. The maximum atomic E-state index is 13.6. The van der Waals surface area contributed by atoms with Crippen molar-refractivity contribution in [2.24, 2.45) is 11.8 Å². The Labute approximate surface area is 206 Å². The van der Waals surface area contributed by atoms with Crippen molar-refractivity contribution in [3.63, 3.8) is 0 Å². The lowest BCUT2D eigenvalue weighted by Gasteiger charge is -2.19. The second-order valence-electron chi connectivity index (χ2n) is 8.49. The van der Waals surface area contributed by atoms with Crippen LogP contribution in [0.4, 0.5) is 13.9 Å². The van der Waals surface area contributed by atoms with Crippen LogP contribution in [0, 0.1) is 30.4 Å². The van der Waals surface area contributed by atoms with Gasteiger partial charge in [0.1, 0.15) is 10.6 Å². The van der Waals surface area contributed by atoms with Gasteiger partial charge in [-0.2, -0.15) is 0 Å². The summed E-state index contributed by atoms with van der Waals surface area (Å²) in [6, 6.07) is 3.45. The first kappa shape index (κ1) is 23.1. The highest BCUT2D eigenvalue weighted by atomic mass is 35.5. The number of carbonyl (C=O) groups is 2. The molecule has 0 bridgehead atoms. The third-order valence-electron chi connectivity index (χ3n) is 6.28. The number of halogens is 4. The van der Waals surface area contributed by atoms with E-state index in [9.17, 15) is 23.5 Å². The van der Waals surface area contributed by atoms with Crippen LogP contribution in [-0.4, -0.2) is 46.1 Å². The molecule has 3 N–H and O–H groups in total. The topological polar surface area (TPSA) is 98.3 Å². The summed E-state index contributed by atoms with van der Waals surface area (Å²) < 4.78 is 26.8. The number of piperidine rings is 1. The molecule has 1 aliphatic heterocycles. The van der Waals surface area contributed by atoms with Crippen LogP contribution in [0.25, 0.3) is 0 Å². The number of anilines is 1. The van der Waals surface area contributed by atoms with Gasteiger partial charge in [0, 0.05) is 43.1 Å². The maximum absolute atomic E-state index is 13.6. The van der Waals surface area contributed by atoms with Gasteiger partial charge in [-0.25, -0.2) is 18.6 Å². The summed E-state index contributed by atoms with van der Waals surface area (Å²) in [5.41, 5.74) is 1.59. The third-order valence-corrected chi connectivity index (χ3v) is 8.37. The van der Waals surface area contributed by atoms with Crippen LogP contribution in [0.1, 0.15) is 37.1 Å². The molecule has 1 aromatic carbocycles. The van der Waals surface area contributed by atoms with Crippen molar-refractivity contribution in [2.75, 3.05) is 18.0 Å². The molecule has 12 heteroatoms. The zero-order valence-corrected chi connectivity index (χ0v) is 20.0. The number of amides is 1. The Morgan fingerprint density at radius 3 is 2.53 bits per heavy atom. The number of benzene rings is 1. The second-order valence-corrected chi connectivity index (χ2v) is 10.2. The summed E-state index contributed by atoms with van der Waals surface area (Å²) in [5, 5.41) is 13.7. The molecule has 1 aliphatic carbocycles. The summed E-state index contributed by atoms with van der Waals surface area (Å²) in [7, 11) is 0. The van der Waals surface area contributed by atoms with Crippen LogP contribution < -0.4 is 10.2 Å². The Hall–Kier alpha value is -2.69. The van der Waals surface area contributed by atoms with Crippen LogP contribution in [-0.2, 0) is 6.42 Å². The largest absolute Gasteiger partial charge is 0.477 e. The minimum absolute atomic E-state index is 0.0113. The summed E-state index contributed by atoms with van der Waals surface area (Å²) in [5.74, 6) is -2.97. The average Bonchev–Trinajstić information content (AvgIpc) is 3.15. The molecule has 34 heavy (non-hydrogen) atoms. The minimum Gasteiger partial charge on any atom is -0.477 e. The van der Waals surface area contributed by atoms with Gasteiger partial charge in [0.25, 0.3) is 5.91 Å². The van der Waals surface area contributed by atoms with Gasteiger partial charge in [0.2, 0.25) is 0 Å². The number of aromatic nitrogens is 2. The van der Waals surface area contributed by atoms with E-state index in [0.717, 1.165) is 23.5 Å². The molecule has 2 aliphatic rings. The van der Waals surface area contributed by atoms with Crippen molar-refractivity contribution in [1.82, 2.24) is 15.3 Å². The zero-order chi connectivity index (χ0) is 24.3. The van der Waals surface area contributed by atoms with Gasteiger partial charge < -0.3 is 20.3 Å². The number of fused-ring (bicyclic) bond motifs is 1. The van der Waals surface area contributed by atoms with E-state index in [2.05, 4.69) is 15.3 Å². The molecule has 178 valence electrons. The number of nitrogens with zero attached hydrogens (tertiary/aromatic N) is 2. The molecule has 1 amide bonds. The lowest BCUT2D eigenvalue weighted by molar-refractivity contribution is 0.0700. The highest BCUT2D eigenvalue weighted by Crippen LogP contribution is 2.48. The number of carboxylic acids is 1. The number of rotatable bonds is 6. The number of carboxylic acid groups (broad SMARTS) is 1. The first-order chi connectivity index (χ1) is 16.1. The lowest BCUT2D eigenvalue weighted by Crippen LogP contribution is -2.34. The van der Waals surface area contributed by atoms with Gasteiger partial charge in [0.05, 0.1) is 15.7 Å². The zero-order valence-electron chi connectivity index (χ0n) is 17.7. The van der Waals surface area contributed by atoms with Gasteiger partial charge in [-0.15, -0.1) is 0 Å². The van der Waals surface area contributed by atoms with Crippen LogP contribution in [0.15, 0.2) is 18.2 Å². The first-order valence-corrected chi connectivity index (χ1v) is 12.0. The number of hydrogen-bond acceptors (Lipinski definition) is 5. The molecule has 1 saturated carbocycles. The van der Waals surface area contributed by atoms with Crippen molar-refractivity contribution in [2.45, 2.75) is 19.4 Å². The summed E-state index contributed by atoms with van der Waals surface area (Å²) in [4.78, 5) is 33.8. The fourth-order valence-corrected chi connectivity index (χ4v) is 5.81. The molecule has 0 unspecified atom stereocenters. The van der Waals surface area contributed by atoms with E-state index in [0.29, 0.717) is 40.2 Å². The van der Waals surface area contributed by atoms with Crippen molar-refractivity contribution in [3.8, 4) is 0 Å². The molecule has 3 heterocycles. The molecule has 3 aromatic rings. The Bertz CT molecular complexity index is 1320. The van der Waals surface area contributed by atoms with E-state index in [1.807, 2.05) is 4.90 Å². The molecule has 2 fully saturated rings. The highest BCUT2D eigenvalue weighted by Gasteiger charge is 2.57. The third kappa shape index (κ3) is 4.03. The quantitative estimate of drug-likeness (QED) is 0.438. The van der Waals surface area contributed by atoms with Crippen molar-refractivity contribution in [1.29, 1.82) is 0 Å². The predicted molar refractivity (Wildman–Crippen MR) is 124 cm³/mol. The number of hydrogen-bond donors (Lipinski definition) is 3. The van der Waals surface area contributed by atoms with Gasteiger partial charge in [-0.3, -0.25) is 4.79 Å². The number of H-pyrrole nitrogens is 1. The fraction of sp³-hybridized carbons (Fsp3) is 0.318. The number of nitrogens with one attached hydrogen (secondary N) is 2. The number of aryl methyl sites for hydroxylation is 1. The molecular formula is C22H18Cl2F2N4O3S. The van der Waals surface area contributed by atoms with E-state index in [1.165, 1.54) is 6.07 Å². The number of aromatic carboxylic acids is 1. The van der Waals surface area contributed by atoms with E-state index >= 15 is 0 Å². The highest BCUT2D eigenvalue weighted by molar-refractivity contribution is 7.17. The van der Waals surface area contributed by atoms with Gasteiger partial charge in [0.15, 0.2) is 16.8 Å². The van der Waals surface area contributed by atoms with E-state index in [1.54, 1.807) is 6.92 Å². The van der Waals surface area contributed by atoms with Crippen molar-refractivity contribution >= 4 is 51.5 Å². The Balaban J connectivity index is 1.25. The van der Waals surface area contributed by atoms with Gasteiger partial charge in [-0.05, 0) is 24.6 Å². The average molecular weight is 527 g/mol. The Morgan fingerprint density at radius 1 is 1.24 bits per heavy atom. The molecule has 2 aromatic heterocycles. The summed E-state index contributed by atoms with van der Waals surface area (Å²) in [6.45, 7) is 2.96. The maximum Gasteiger partial charge on any atom is 0.347 e. The Kier molecular flexibility index (Phi) is 5.78. The van der Waals surface area contributed by atoms with Gasteiger partial charge in [-0.1, -0.05) is 40.6 Å². The molecule has 1 saturated heterocycles. The SMILES string of the molecule is Cc1[nH]c(C(=O)N[C@@H]2[C@@H]3CN(c4nc(Cc5ccc(F)c(F)c5)c(C(=O)O)s4)C[C@@H]32)c(Cl)c1Cl. The number of aromatic amines is 1. The van der Waals surface area contributed by atoms with Crippen LogP contribution >= 0.6 is 34.5 Å². The minimum atomic E-state index is -1.12. The van der Waals surface area contributed by atoms with Gasteiger partial charge >= 0.3 is 5.97 Å². The lowest BCUT2D eigenvalue weighted by atomic mass is 10.1. The standard InChI is InChI=1S/C22H18Cl2F2N4O3S/c1-8-15(23)16(24)18(27-8)20(31)29-17-10-6-30(7-11(10)17)22-28-14(19(34-22)21(32)33)5-9-2-3-12(25)13(26)4-9/h2-4,10-11,17,27H,5-7H2,1H3,(H,29,31)(H,32,33)/t10-,11+,17-. The monoisotopic (exact) mass is 526 g/mol. The van der Waals surface area contributed by atoms with E-state index < -0.39 is 17.6 Å². The molecule has 0 radical (unpaired) electrons. The molecular weight excluding hydrogens is 509 g/mol. The molecule has 0 spiro atoms. The summed E-state index contributed by atoms with van der Waals surface area (Å²) in [6.07, 6.45) is 0.0770.